The summed E-state index contributed by atoms with van der Waals surface area (Å²) in [6.07, 6.45) is 3.09. The SMILES string of the molecule is O[C@H]1CCCn2cc(-c3cccc(F)c3)nc21. The van der Waals surface area contributed by atoms with Gasteiger partial charge in [-0.15, -0.1) is 0 Å². The minimum Gasteiger partial charge on any atom is -0.385 e. The molecule has 0 saturated heterocycles. The number of benzene rings is 1. The van der Waals surface area contributed by atoms with E-state index < -0.39 is 6.10 Å². The van der Waals surface area contributed by atoms with E-state index >= 15 is 0 Å². The first-order valence-electron chi connectivity index (χ1n) is 5.75. The third kappa shape index (κ3) is 1.85. The maximum absolute atomic E-state index is 13.1. The Bertz CT molecular complexity index is 550. The molecule has 1 atom stereocenters. The highest BCUT2D eigenvalue weighted by Gasteiger charge is 2.21. The zero-order valence-corrected chi connectivity index (χ0v) is 9.31. The number of fused-ring (bicyclic) bond motifs is 1. The van der Waals surface area contributed by atoms with Crippen molar-refractivity contribution in [3.63, 3.8) is 0 Å². The summed E-state index contributed by atoms with van der Waals surface area (Å²) in [6.45, 7) is 0.870. The maximum Gasteiger partial charge on any atom is 0.138 e. The van der Waals surface area contributed by atoms with E-state index in [1.165, 1.54) is 12.1 Å². The summed E-state index contributed by atoms with van der Waals surface area (Å²) in [5.74, 6) is 0.421. The Kier molecular flexibility index (Phi) is 2.44. The Morgan fingerprint density at radius 3 is 3.06 bits per heavy atom. The van der Waals surface area contributed by atoms with Crippen LogP contribution >= 0.6 is 0 Å². The van der Waals surface area contributed by atoms with Crippen LogP contribution in [0, 0.1) is 5.82 Å². The van der Waals surface area contributed by atoms with Gasteiger partial charge in [-0.2, -0.15) is 0 Å². The maximum atomic E-state index is 13.1. The zero-order chi connectivity index (χ0) is 11.8. The van der Waals surface area contributed by atoms with Crippen molar-refractivity contribution in [2.75, 3.05) is 0 Å². The van der Waals surface area contributed by atoms with Crippen LogP contribution in [-0.2, 0) is 6.54 Å². The highest BCUT2D eigenvalue weighted by atomic mass is 19.1. The molecule has 1 N–H and O–H groups in total. The summed E-state index contributed by atoms with van der Waals surface area (Å²) in [6, 6.07) is 6.36. The van der Waals surface area contributed by atoms with Crippen LogP contribution in [0.25, 0.3) is 11.3 Å². The van der Waals surface area contributed by atoms with Gasteiger partial charge in [0.15, 0.2) is 0 Å². The minimum atomic E-state index is -0.494. The molecule has 0 bridgehead atoms. The summed E-state index contributed by atoms with van der Waals surface area (Å²) < 4.78 is 15.1. The predicted molar refractivity (Wildman–Crippen MR) is 61.8 cm³/mol. The average molecular weight is 232 g/mol. The first-order chi connectivity index (χ1) is 8.24. The number of aromatic nitrogens is 2. The van der Waals surface area contributed by atoms with Gasteiger partial charge in [0.2, 0.25) is 0 Å². The molecule has 1 aromatic heterocycles. The number of hydrogen-bond donors (Lipinski definition) is 1. The van der Waals surface area contributed by atoms with Gasteiger partial charge >= 0.3 is 0 Å². The van der Waals surface area contributed by atoms with Gasteiger partial charge in [-0.05, 0) is 25.0 Å². The number of aryl methyl sites for hydroxylation is 1. The number of imidazole rings is 1. The van der Waals surface area contributed by atoms with Crippen LogP contribution in [-0.4, -0.2) is 14.7 Å². The molecule has 2 aromatic rings. The van der Waals surface area contributed by atoms with Crippen LogP contribution < -0.4 is 0 Å². The summed E-state index contributed by atoms with van der Waals surface area (Å²) in [4.78, 5) is 4.39. The lowest BCUT2D eigenvalue weighted by Gasteiger charge is -2.18. The Balaban J connectivity index is 2.05. The molecular formula is C13H13FN2O. The quantitative estimate of drug-likeness (QED) is 0.820. The van der Waals surface area contributed by atoms with E-state index in [4.69, 9.17) is 0 Å². The summed E-state index contributed by atoms with van der Waals surface area (Å²) in [5.41, 5.74) is 1.47. The Morgan fingerprint density at radius 1 is 1.41 bits per heavy atom. The van der Waals surface area contributed by atoms with Gasteiger partial charge in [0.05, 0.1) is 5.69 Å². The summed E-state index contributed by atoms with van der Waals surface area (Å²) in [5, 5.41) is 9.82. The number of aliphatic hydroxyl groups excluding tert-OH is 1. The van der Waals surface area contributed by atoms with Gasteiger partial charge in [-0.1, -0.05) is 12.1 Å². The number of aliphatic hydroxyl groups is 1. The van der Waals surface area contributed by atoms with Crippen molar-refractivity contribution < 1.29 is 9.50 Å². The van der Waals surface area contributed by atoms with Gasteiger partial charge in [0, 0.05) is 18.3 Å². The van der Waals surface area contributed by atoms with Gasteiger partial charge in [-0.25, -0.2) is 9.37 Å². The molecule has 1 aliphatic heterocycles. The van der Waals surface area contributed by atoms with Crippen LogP contribution in [0.4, 0.5) is 4.39 Å². The topological polar surface area (TPSA) is 38.0 Å². The molecule has 17 heavy (non-hydrogen) atoms. The normalized spacial score (nSPS) is 19.1. The molecule has 0 unspecified atom stereocenters. The van der Waals surface area contributed by atoms with Crippen molar-refractivity contribution in [1.82, 2.24) is 9.55 Å². The molecule has 4 heteroatoms. The van der Waals surface area contributed by atoms with E-state index in [9.17, 15) is 9.50 Å². The monoisotopic (exact) mass is 232 g/mol. The zero-order valence-electron chi connectivity index (χ0n) is 9.31. The van der Waals surface area contributed by atoms with Crippen LogP contribution in [0.1, 0.15) is 24.8 Å². The molecule has 3 nitrogen and oxygen atoms in total. The molecule has 0 saturated carbocycles. The fourth-order valence-electron chi connectivity index (χ4n) is 2.25. The van der Waals surface area contributed by atoms with Crippen LogP contribution in [0.5, 0.6) is 0 Å². The first-order valence-corrected chi connectivity index (χ1v) is 5.75. The van der Waals surface area contributed by atoms with Crippen molar-refractivity contribution in [3.05, 3.63) is 42.1 Å². The molecule has 0 fully saturated rings. The van der Waals surface area contributed by atoms with Crippen molar-refractivity contribution in [2.45, 2.75) is 25.5 Å². The Morgan fingerprint density at radius 2 is 2.29 bits per heavy atom. The second-order valence-electron chi connectivity index (χ2n) is 4.35. The van der Waals surface area contributed by atoms with E-state index in [2.05, 4.69) is 4.98 Å². The molecule has 0 aliphatic carbocycles. The van der Waals surface area contributed by atoms with Crippen LogP contribution in [0.3, 0.4) is 0 Å². The van der Waals surface area contributed by atoms with E-state index in [0.29, 0.717) is 5.82 Å². The molecular weight excluding hydrogens is 219 g/mol. The minimum absolute atomic E-state index is 0.269. The molecule has 1 aliphatic rings. The standard InChI is InChI=1S/C13H13FN2O/c14-10-4-1-3-9(7-10)11-8-16-6-2-5-12(17)13(16)15-11/h1,3-4,7-8,12,17H,2,5-6H2/t12-/m0/s1. The Labute approximate surface area is 98.5 Å². The van der Waals surface area contributed by atoms with Crippen LogP contribution in [0.15, 0.2) is 30.5 Å². The van der Waals surface area contributed by atoms with Crippen molar-refractivity contribution in [3.8, 4) is 11.3 Å². The molecule has 0 radical (unpaired) electrons. The fourth-order valence-corrected chi connectivity index (χ4v) is 2.25. The van der Waals surface area contributed by atoms with Crippen molar-refractivity contribution >= 4 is 0 Å². The predicted octanol–water partition coefficient (Wildman–Crippen LogP) is 2.52. The van der Waals surface area contributed by atoms with Gasteiger partial charge in [0.1, 0.15) is 17.7 Å². The number of nitrogens with zero attached hydrogens (tertiary/aromatic N) is 2. The van der Waals surface area contributed by atoms with Crippen molar-refractivity contribution in [2.24, 2.45) is 0 Å². The summed E-state index contributed by atoms with van der Waals surface area (Å²) >= 11 is 0. The second-order valence-corrected chi connectivity index (χ2v) is 4.35. The van der Waals surface area contributed by atoms with E-state index in [0.717, 1.165) is 30.6 Å². The van der Waals surface area contributed by atoms with E-state index in [1.54, 1.807) is 6.07 Å². The molecule has 2 heterocycles. The summed E-state index contributed by atoms with van der Waals surface area (Å²) in [7, 11) is 0. The molecule has 0 spiro atoms. The highest BCUT2D eigenvalue weighted by Crippen LogP contribution is 2.28. The largest absolute Gasteiger partial charge is 0.385 e. The molecule has 0 amide bonds. The van der Waals surface area contributed by atoms with E-state index in [1.807, 2.05) is 16.8 Å². The average Bonchev–Trinajstić information content (AvgIpc) is 2.74. The lowest BCUT2D eigenvalue weighted by atomic mass is 10.1. The number of rotatable bonds is 1. The van der Waals surface area contributed by atoms with Gasteiger partial charge < -0.3 is 9.67 Å². The molecule has 88 valence electrons. The number of hydrogen-bond acceptors (Lipinski definition) is 2. The van der Waals surface area contributed by atoms with Gasteiger partial charge in [-0.3, -0.25) is 0 Å². The third-order valence-electron chi connectivity index (χ3n) is 3.10. The highest BCUT2D eigenvalue weighted by molar-refractivity contribution is 5.58. The lowest BCUT2D eigenvalue weighted by Crippen LogP contribution is -2.14. The van der Waals surface area contributed by atoms with E-state index in [-0.39, 0.29) is 5.82 Å². The second kappa shape index (κ2) is 3.96. The lowest BCUT2D eigenvalue weighted by molar-refractivity contribution is 0.134. The molecule has 3 rings (SSSR count). The first kappa shape index (κ1) is 10.5. The molecule has 1 aromatic carbocycles. The van der Waals surface area contributed by atoms with Gasteiger partial charge in [0.25, 0.3) is 0 Å². The van der Waals surface area contributed by atoms with Crippen LogP contribution in [0.2, 0.25) is 0 Å². The Hall–Kier alpha value is -1.68. The van der Waals surface area contributed by atoms with Crippen molar-refractivity contribution in [1.29, 1.82) is 0 Å². The smallest absolute Gasteiger partial charge is 0.138 e. The third-order valence-corrected chi connectivity index (χ3v) is 3.10. The number of halogens is 1. The fraction of sp³-hybridized carbons (Fsp3) is 0.308.